The molecule has 3 N–H and O–H groups in total. The number of hydrogen-bond acceptors (Lipinski definition) is 5. The summed E-state index contributed by atoms with van der Waals surface area (Å²) in [5.74, 6) is 0.282. The summed E-state index contributed by atoms with van der Waals surface area (Å²) in [5.41, 5.74) is 4.59. The summed E-state index contributed by atoms with van der Waals surface area (Å²) in [6.45, 7) is -0.214. The van der Waals surface area contributed by atoms with Crippen molar-refractivity contribution in [1.82, 2.24) is 0 Å². The smallest absolute Gasteiger partial charge is 0.411 e. The number of amides is 2. The van der Waals surface area contributed by atoms with Gasteiger partial charge >= 0.3 is 6.09 Å². The molecule has 3 aromatic rings. The van der Waals surface area contributed by atoms with Crippen molar-refractivity contribution in [2.45, 2.75) is 69.7 Å². The predicted octanol–water partition coefficient (Wildman–Crippen LogP) is 6.79. The van der Waals surface area contributed by atoms with Gasteiger partial charge in [-0.25, -0.2) is 4.79 Å². The number of carbonyl (C=O) groups is 2. The Morgan fingerprint density at radius 1 is 0.977 bits per heavy atom. The molecule has 3 atom stereocenters. The van der Waals surface area contributed by atoms with Crippen molar-refractivity contribution < 1.29 is 28.7 Å². The lowest BCUT2D eigenvalue weighted by Gasteiger charge is -2.43. The average Bonchev–Trinajstić information content (AvgIpc) is 3.12. The fourth-order valence-corrected chi connectivity index (χ4v) is 6.84. The lowest BCUT2D eigenvalue weighted by Crippen LogP contribution is -2.56. The number of aliphatic hydroxyl groups excluding tert-OH is 1. The van der Waals surface area contributed by atoms with E-state index in [9.17, 15) is 14.7 Å². The van der Waals surface area contributed by atoms with Crippen molar-refractivity contribution in [2.75, 3.05) is 31.8 Å². The molecule has 2 saturated heterocycles. The number of aliphatic hydroxyl groups is 1. The van der Waals surface area contributed by atoms with Crippen LogP contribution < -0.4 is 15.4 Å². The van der Waals surface area contributed by atoms with Gasteiger partial charge in [0.2, 0.25) is 5.91 Å². The molecule has 9 heteroatoms. The van der Waals surface area contributed by atoms with Crippen molar-refractivity contribution in [1.29, 1.82) is 0 Å². The van der Waals surface area contributed by atoms with E-state index in [4.69, 9.17) is 21.1 Å². The highest BCUT2D eigenvalue weighted by Crippen LogP contribution is 2.41. The molecular weight excluding hydrogens is 566 g/mol. The first-order valence-corrected chi connectivity index (χ1v) is 15.3. The number of carbonyl (C=O) groups excluding carboxylic acids is 2. The van der Waals surface area contributed by atoms with Gasteiger partial charge in [-0.2, -0.15) is 0 Å². The van der Waals surface area contributed by atoms with Crippen LogP contribution in [0.3, 0.4) is 0 Å². The van der Waals surface area contributed by atoms with Crippen LogP contribution in [-0.4, -0.2) is 61.0 Å². The first kappa shape index (κ1) is 30.9. The molecule has 0 aromatic heterocycles. The summed E-state index contributed by atoms with van der Waals surface area (Å²) in [4.78, 5) is 25.8. The zero-order valence-electron chi connectivity index (χ0n) is 25.1. The zero-order chi connectivity index (χ0) is 30.6. The Labute approximate surface area is 258 Å². The second-order valence-electron chi connectivity index (χ2n) is 12.1. The quantitative estimate of drug-likeness (QED) is 0.221. The van der Waals surface area contributed by atoms with Gasteiger partial charge in [0.05, 0.1) is 56.3 Å². The van der Waals surface area contributed by atoms with Crippen LogP contribution in [0.4, 0.5) is 16.2 Å². The van der Waals surface area contributed by atoms with Crippen LogP contribution >= 0.6 is 11.6 Å². The molecule has 0 saturated carbocycles. The fraction of sp³-hybridized carbons (Fsp3) is 0.412. The largest absolute Gasteiger partial charge is 0.496 e. The van der Waals surface area contributed by atoms with Crippen LogP contribution in [-0.2, 0) is 22.6 Å². The number of halogens is 1. The Balaban J connectivity index is 1.22. The number of anilines is 2. The van der Waals surface area contributed by atoms with E-state index in [2.05, 4.69) is 24.7 Å². The van der Waals surface area contributed by atoms with Gasteiger partial charge in [-0.3, -0.25) is 10.1 Å². The van der Waals surface area contributed by atoms with Gasteiger partial charge in [-0.15, -0.1) is 0 Å². The second kappa shape index (κ2) is 13.4. The second-order valence-corrected chi connectivity index (χ2v) is 12.5. The van der Waals surface area contributed by atoms with Crippen LogP contribution in [0.5, 0.6) is 5.75 Å². The van der Waals surface area contributed by atoms with E-state index in [0.717, 1.165) is 34.0 Å². The molecule has 2 aliphatic rings. The molecule has 2 amide bonds. The van der Waals surface area contributed by atoms with E-state index in [0.29, 0.717) is 52.6 Å². The first-order valence-electron chi connectivity index (χ1n) is 14.9. The van der Waals surface area contributed by atoms with Crippen molar-refractivity contribution in [2.24, 2.45) is 0 Å². The molecule has 0 radical (unpaired) electrons. The van der Waals surface area contributed by atoms with Gasteiger partial charge in [-0.05, 0) is 36.1 Å². The van der Waals surface area contributed by atoms with E-state index in [-0.39, 0.29) is 25.0 Å². The highest BCUT2D eigenvalue weighted by Gasteiger charge is 2.49. The number of methoxy groups -OCH3 is 1. The molecular formula is C34H41ClN3O5+. The van der Waals surface area contributed by atoms with Gasteiger partial charge in [0.1, 0.15) is 11.9 Å². The minimum atomic E-state index is -0.426. The molecule has 2 bridgehead atoms. The van der Waals surface area contributed by atoms with Gasteiger partial charge in [-0.1, -0.05) is 54.1 Å². The van der Waals surface area contributed by atoms with Crippen LogP contribution in [0, 0.1) is 0 Å². The van der Waals surface area contributed by atoms with Crippen molar-refractivity contribution in [3.8, 4) is 16.9 Å². The Morgan fingerprint density at radius 3 is 2.37 bits per heavy atom. The molecule has 0 spiro atoms. The average molecular weight is 607 g/mol. The van der Waals surface area contributed by atoms with E-state index >= 15 is 0 Å². The van der Waals surface area contributed by atoms with Gasteiger partial charge in [0.25, 0.3) is 0 Å². The Bertz CT molecular complexity index is 1450. The third-order valence-corrected chi connectivity index (χ3v) is 9.46. The van der Waals surface area contributed by atoms with Gasteiger partial charge < -0.3 is 24.4 Å². The van der Waals surface area contributed by atoms with Crippen molar-refractivity contribution in [3.05, 3.63) is 76.8 Å². The number of fused-ring (bicyclic) bond motifs is 2. The van der Waals surface area contributed by atoms with E-state index < -0.39 is 6.09 Å². The van der Waals surface area contributed by atoms with Gasteiger partial charge in [0, 0.05) is 49.3 Å². The van der Waals surface area contributed by atoms with Crippen molar-refractivity contribution in [3.63, 3.8) is 0 Å². The normalized spacial score (nSPS) is 20.3. The number of benzene rings is 3. The zero-order valence-corrected chi connectivity index (χ0v) is 25.8. The number of hydrogen-bond donors (Lipinski definition) is 3. The monoisotopic (exact) mass is 606 g/mol. The van der Waals surface area contributed by atoms with Crippen LogP contribution in [0.2, 0.25) is 5.02 Å². The number of nitrogens with zero attached hydrogens (tertiary/aromatic N) is 1. The maximum absolute atomic E-state index is 13.1. The molecule has 2 heterocycles. The van der Waals surface area contributed by atoms with Crippen molar-refractivity contribution >= 4 is 35.0 Å². The fourth-order valence-electron chi connectivity index (χ4n) is 6.61. The Kier molecular flexibility index (Phi) is 9.59. The van der Waals surface area contributed by atoms with E-state index in [1.807, 2.05) is 48.5 Å². The number of aryl methyl sites for hydroxylation is 1. The summed E-state index contributed by atoms with van der Waals surface area (Å²) in [7, 11) is 6.09. The lowest BCUT2D eigenvalue weighted by molar-refractivity contribution is -0.931. The van der Waals surface area contributed by atoms with Gasteiger partial charge in [0.15, 0.2) is 0 Å². The molecule has 228 valence electrons. The van der Waals surface area contributed by atoms with Crippen LogP contribution in [0.25, 0.3) is 11.1 Å². The molecule has 5 rings (SSSR count). The van der Waals surface area contributed by atoms with Crippen LogP contribution in [0.1, 0.15) is 49.7 Å². The summed E-state index contributed by atoms with van der Waals surface area (Å²) in [5, 5.41) is 15.7. The Hall–Kier alpha value is -3.59. The highest BCUT2D eigenvalue weighted by molar-refractivity contribution is 6.33. The number of ether oxygens (including phenoxy) is 2. The molecule has 0 aliphatic carbocycles. The molecule has 43 heavy (non-hydrogen) atoms. The minimum absolute atomic E-state index is 0.0705. The minimum Gasteiger partial charge on any atom is -0.496 e. The Morgan fingerprint density at radius 2 is 1.70 bits per heavy atom. The summed E-state index contributed by atoms with van der Waals surface area (Å²) < 4.78 is 12.3. The number of nitrogens with one attached hydrogen (secondary N) is 2. The topological polar surface area (TPSA) is 96.9 Å². The summed E-state index contributed by atoms with van der Waals surface area (Å²) in [6.07, 6.45) is 5.20. The number of piperidine rings is 1. The molecule has 2 unspecified atom stereocenters. The maximum atomic E-state index is 13.1. The molecule has 3 aromatic carbocycles. The van der Waals surface area contributed by atoms with Crippen LogP contribution in [0.15, 0.2) is 60.7 Å². The molecule has 2 aliphatic heterocycles. The molecule has 2 fully saturated rings. The number of rotatable bonds is 10. The van der Waals surface area contributed by atoms with E-state index in [1.54, 1.807) is 12.1 Å². The summed E-state index contributed by atoms with van der Waals surface area (Å²) >= 11 is 6.30. The third kappa shape index (κ3) is 7.15. The summed E-state index contributed by atoms with van der Waals surface area (Å²) in [6, 6.07) is 20.2. The number of quaternary nitrogens is 1. The maximum Gasteiger partial charge on any atom is 0.411 e. The SMILES string of the molecule is COc1cc(NC(=O)CCCc2ccc(-c3ccccc3)c(NC(=O)OC3CC4CC[C@H](C3)[N+]4(C)C)c2)c(Cl)cc1CO. The highest BCUT2D eigenvalue weighted by atomic mass is 35.5. The van der Waals surface area contributed by atoms with E-state index in [1.165, 1.54) is 20.0 Å². The third-order valence-electron chi connectivity index (χ3n) is 9.15. The first-order chi connectivity index (χ1) is 20.7. The standard InChI is InChI=1S/C34H40ClN3O5/c1-38(2)25-13-14-26(38)19-27(18-25)43-34(41)37-30-16-22(12-15-28(30)23-9-5-4-6-10-23)8-7-11-33(40)36-31-20-32(42-3)24(21-39)17-29(31)35/h4-6,9-10,12,15-17,20,25-27,39H,7-8,11,13-14,18-19,21H2,1-3H3,(H-,36,37,40,41)/p+1/t25-,26?,27?/m1/s1. The molecule has 8 nitrogen and oxygen atoms in total. The lowest BCUT2D eigenvalue weighted by atomic mass is 9.98. The predicted molar refractivity (Wildman–Crippen MR) is 169 cm³/mol.